The molecule has 0 saturated heterocycles. The Morgan fingerprint density at radius 1 is 1.06 bits per heavy atom. The predicted molar refractivity (Wildman–Crippen MR) is 64.0 cm³/mol. The van der Waals surface area contributed by atoms with E-state index < -0.39 is 0 Å². The van der Waals surface area contributed by atoms with Crippen LogP contribution in [0.4, 0.5) is 0 Å². The molecule has 2 aromatic carbocycles. The molecule has 0 fully saturated rings. The number of nitrogens with zero attached hydrogens (tertiary/aromatic N) is 1. The minimum absolute atomic E-state index is 0. The summed E-state index contributed by atoms with van der Waals surface area (Å²) in [6, 6.07) is 17.9. The van der Waals surface area contributed by atoms with E-state index >= 15 is 0 Å². The minimum atomic E-state index is 0. The van der Waals surface area contributed by atoms with Gasteiger partial charge < -0.3 is 4.57 Å². The van der Waals surface area contributed by atoms with Crippen LogP contribution in [-0.4, -0.2) is 4.57 Å². The van der Waals surface area contributed by atoms with Gasteiger partial charge in [-0.15, -0.1) is 11.5 Å². The smallest absolute Gasteiger partial charge is 0.365 e. The average Bonchev–Trinajstić information content (AvgIpc) is 2.63. The summed E-state index contributed by atoms with van der Waals surface area (Å²) in [7, 11) is 0. The Bertz CT molecular complexity index is 572. The molecule has 1 heterocycles. The van der Waals surface area contributed by atoms with Gasteiger partial charge in [0.15, 0.2) is 0 Å². The summed E-state index contributed by atoms with van der Waals surface area (Å²) in [6.45, 7) is 3.19. The van der Waals surface area contributed by atoms with Crippen molar-refractivity contribution in [2.24, 2.45) is 0 Å². The summed E-state index contributed by atoms with van der Waals surface area (Å²) < 4.78 is 2.35. The number of aromatic nitrogens is 1. The van der Waals surface area contributed by atoms with Crippen molar-refractivity contribution in [3.05, 3.63) is 48.5 Å². The van der Waals surface area contributed by atoms with Crippen molar-refractivity contribution in [3.8, 4) is 0 Å². The Hall–Kier alpha value is -1.16. The van der Waals surface area contributed by atoms with Crippen molar-refractivity contribution in [1.82, 2.24) is 4.57 Å². The Morgan fingerprint density at radius 3 is 2.62 bits per heavy atom. The van der Waals surface area contributed by atoms with Crippen LogP contribution in [0.5, 0.6) is 0 Å². The van der Waals surface area contributed by atoms with Gasteiger partial charge in [-0.25, -0.2) is 0 Å². The van der Waals surface area contributed by atoms with Crippen molar-refractivity contribution < 1.29 is 18.9 Å². The van der Waals surface area contributed by atoms with Crippen molar-refractivity contribution in [2.75, 3.05) is 0 Å². The van der Waals surface area contributed by atoms with E-state index in [1.165, 1.54) is 21.8 Å². The van der Waals surface area contributed by atoms with Gasteiger partial charge in [0.25, 0.3) is 0 Å². The van der Waals surface area contributed by atoms with Gasteiger partial charge in [-0.1, -0.05) is 23.7 Å². The zero-order chi connectivity index (χ0) is 10.3. The monoisotopic (exact) mass is 201 g/mol. The third-order valence-corrected chi connectivity index (χ3v) is 2.93. The van der Waals surface area contributed by atoms with Gasteiger partial charge in [0.1, 0.15) is 0 Å². The van der Waals surface area contributed by atoms with Crippen LogP contribution in [0.25, 0.3) is 21.8 Å². The molecule has 0 aliphatic rings. The third-order valence-electron chi connectivity index (χ3n) is 2.93. The quantitative estimate of drug-likeness (QED) is 0.402. The summed E-state index contributed by atoms with van der Waals surface area (Å²) >= 11 is 0. The normalized spacial score (nSPS) is 10.6. The Balaban J connectivity index is 0.000000963. The fraction of sp³-hybridized carbons (Fsp3) is 0.143. The number of fused-ring (bicyclic) bond motifs is 3. The van der Waals surface area contributed by atoms with E-state index in [2.05, 4.69) is 54.0 Å². The Kier molecular flexibility index (Phi) is 3.10. The topological polar surface area (TPSA) is 4.93 Å². The average molecular weight is 201 g/mol. The number of para-hydroxylation sites is 1. The van der Waals surface area contributed by atoms with Crippen molar-refractivity contribution >= 4 is 21.8 Å². The van der Waals surface area contributed by atoms with E-state index in [1.54, 1.807) is 0 Å². The van der Waals surface area contributed by atoms with Gasteiger partial charge in [0.05, 0.1) is 0 Å². The van der Waals surface area contributed by atoms with E-state index in [0.717, 1.165) is 6.54 Å². The minimum Gasteiger partial charge on any atom is -0.365 e. The van der Waals surface area contributed by atoms with Crippen LogP contribution >= 0.6 is 0 Å². The molecule has 0 saturated carbocycles. The first-order chi connectivity index (χ1) is 7.42. The van der Waals surface area contributed by atoms with Gasteiger partial charge in [-0.2, -0.15) is 18.2 Å². The first-order valence-electron chi connectivity index (χ1n) is 5.29. The summed E-state index contributed by atoms with van der Waals surface area (Å²) in [5.74, 6) is 0. The van der Waals surface area contributed by atoms with Crippen LogP contribution in [0.3, 0.4) is 0 Å². The maximum absolute atomic E-state index is 3.15. The summed E-state index contributed by atoms with van der Waals surface area (Å²) in [5, 5.41) is 2.63. The number of hydrogen-bond donors (Lipinski definition) is 0. The zero-order valence-corrected chi connectivity index (χ0v) is 9.70. The molecule has 0 spiro atoms. The largest absolute Gasteiger partial charge is 1.00 e. The van der Waals surface area contributed by atoms with Crippen molar-refractivity contribution in [1.29, 1.82) is 0 Å². The van der Waals surface area contributed by atoms with Gasteiger partial charge in [-0.3, -0.25) is 0 Å². The molecule has 0 aliphatic carbocycles. The van der Waals surface area contributed by atoms with E-state index in [1.807, 2.05) is 6.07 Å². The van der Waals surface area contributed by atoms with Crippen LogP contribution in [0, 0.1) is 6.07 Å². The van der Waals surface area contributed by atoms with Crippen molar-refractivity contribution in [3.63, 3.8) is 0 Å². The maximum atomic E-state index is 3.15. The molecule has 3 rings (SSSR count). The molecule has 0 radical (unpaired) electrons. The fourth-order valence-corrected chi connectivity index (χ4v) is 2.28. The fourth-order valence-electron chi connectivity index (χ4n) is 2.28. The van der Waals surface area contributed by atoms with Crippen LogP contribution in [0.1, 0.15) is 6.92 Å². The first kappa shape index (κ1) is 11.3. The number of benzene rings is 2. The van der Waals surface area contributed by atoms with Crippen LogP contribution < -0.4 is 18.9 Å². The number of rotatable bonds is 1. The molecule has 2 heteroatoms. The molecular weight excluding hydrogens is 189 g/mol. The van der Waals surface area contributed by atoms with Crippen LogP contribution in [0.2, 0.25) is 0 Å². The second-order valence-corrected chi connectivity index (χ2v) is 3.70. The number of aryl methyl sites for hydroxylation is 1. The van der Waals surface area contributed by atoms with Gasteiger partial charge in [0.2, 0.25) is 0 Å². The zero-order valence-electron chi connectivity index (χ0n) is 9.70. The van der Waals surface area contributed by atoms with Gasteiger partial charge in [0, 0.05) is 12.1 Å². The first-order valence-corrected chi connectivity index (χ1v) is 5.29. The molecule has 16 heavy (non-hydrogen) atoms. The molecule has 0 bridgehead atoms. The molecule has 0 unspecified atom stereocenters. The van der Waals surface area contributed by atoms with E-state index in [0.29, 0.717) is 0 Å². The van der Waals surface area contributed by atoms with E-state index in [4.69, 9.17) is 0 Å². The van der Waals surface area contributed by atoms with E-state index in [9.17, 15) is 0 Å². The Morgan fingerprint density at radius 2 is 1.81 bits per heavy atom. The molecule has 3 aromatic rings. The third kappa shape index (κ3) is 1.48. The summed E-state index contributed by atoms with van der Waals surface area (Å²) in [4.78, 5) is 0. The summed E-state index contributed by atoms with van der Waals surface area (Å²) in [6.07, 6.45) is 0. The molecule has 74 valence electrons. The second-order valence-electron chi connectivity index (χ2n) is 3.70. The van der Waals surface area contributed by atoms with Gasteiger partial charge in [-0.05, 0) is 18.4 Å². The molecular formula is C14H12LiN. The predicted octanol–water partition coefficient (Wildman–Crippen LogP) is 0.619. The molecule has 1 nitrogen and oxygen atoms in total. The maximum Gasteiger partial charge on any atom is 1.00 e. The van der Waals surface area contributed by atoms with Crippen LogP contribution in [0.15, 0.2) is 42.5 Å². The number of hydrogen-bond acceptors (Lipinski definition) is 0. The molecule has 0 amide bonds. The van der Waals surface area contributed by atoms with Crippen LogP contribution in [-0.2, 0) is 6.54 Å². The molecule has 1 aromatic heterocycles. The SMILES string of the molecule is CCn1c2cc[c-]cc2c2ccccc21.[Li+]. The molecule has 0 aliphatic heterocycles. The Labute approximate surface area is 107 Å². The van der Waals surface area contributed by atoms with E-state index in [-0.39, 0.29) is 18.9 Å². The summed E-state index contributed by atoms with van der Waals surface area (Å²) in [5.41, 5.74) is 2.62. The van der Waals surface area contributed by atoms with Gasteiger partial charge >= 0.3 is 18.9 Å². The van der Waals surface area contributed by atoms with Crippen molar-refractivity contribution in [2.45, 2.75) is 13.5 Å². The standard InChI is InChI=1S/C14H12N.Li/c1-2-15-13-9-5-3-7-11(13)12-8-4-6-10-14(12)15;/h3,5-10H,2H2,1H3;/q-1;+1. The molecule has 0 atom stereocenters. The molecule has 0 N–H and O–H groups in total. The second kappa shape index (κ2) is 4.37.